The van der Waals surface area contributed by atoms with Crippen molar-refractivity contribution in [2.45, 2.75) is 58.4 Å². The first-order chi connectivity index (χ1) is 13.1. The number of fused-ring (bicyclic) bond motifs is 1. The van der Waals surface area contributed by atoms with Crippen molar-refractivity contribution in [1.82, 2.24) is 14.7 Å². The second kappa shape index (κ2) is 7.44. The quantitative estimate of drug-likeness (QED) is 0.848. The lowest BCUT2D eigenvalue weighted by Crippen LogP contribution is -2.57. The third-order valence-electron chi connectivity index (χ3n) is 5.95. The van der Waals surface area contributed by atoms with Gasteiger partial charge < -0.3 is 9.84 Å². The summed E-state index contributed by atoms with van der Waals surface area (Å²) in [6, 6.07) is 8.72. The van der Waals surface area contributed by atoms with Crippen LogP contribution in [0.5, 0.6) is 0 Å². The van der Waals surface area contributed by atoms with Crippen LogP contribution in [0.15, 0.2) is 24.3 Å². The molecule has 144 valence electrons. The van der Waals surface area contributed by atoms with E-state index in [2.05, 4.69) is 35.1 Å². The second-order valence-electron chi connectivity index (χ2n) is 7.60. The summed E-state index contributed by atoms with van der Waals surface area (Å²) in [6.45, 7) is 7.36. The zero-order valence-corrected chi connectivity index (χ0v) is 16.0. The van der Waals surface area contributed by atoms with Crippen LogP contribution in [-0.2, 0) is 30.7 Å². The van der Waals surface area contributed by atoms with E-state index in [0.717, 1.165) is 50.2 Å². The number of hydrogen-bond donors (Lipinski definition) is 1. The smallest absolute Gasteiger partial charge is 0.356 e. The molecule has 1 saturated heterocycles. The average molecular weight is 369 g/mol. The van der Waals surface area contributed by atoms with Crippen LogP contribution in [0, 0.1) is 6.92 Å². The third kappa shape index (κ3) is 3.51. The maximum absolute atomic E-state index is 11.6. The molecule has 1 fully saturated rings. The van der Waals surface area contributed by atoms with Gasteiger partial charge in [0.1, 0.15) is 0 Å². The monoisotopic (exact) mass is 369 g/mol. The lowest BCUT2D eigenvalue weighted by atomic mass is 9.88. The number of ether oxygens (including phenoxy) is 1. The van der Waals surface area contributed by atoms with Gasteiger partial charge in [0.15, 0.2) is 5.69 Å². The fourth-order valence-electron chi connectivity index (χ4n) is 4.27. The van der Waals surface area contributed by atoms with E-state index in [1.54, 1.807) is 0 Å². The molecule has 1 aromatic heterocycles. The lowest BCUT2D eigenvalue weighted by molar-refractivity contribution is -0.0811. The van der Waals surface area contributed by atoms with Gasteiger partial charge >= 0.3 is 5.97 Å². The second-order valence-corrected chi connectivity index (χ2v) is 7.60. The molecule has 27 heavy (non-hydrogen) atoms. The highest BCUT2D eigenvalue weighted by molar-refractivity contribution is 5.87. The Hall–Kier alpha value is -2.18. The fourth-order valence-corrected chi connectivity index (χ4v) is 4.27. The number of carbonyl (C=O) groups is 1. The van der Waals surface area contributed by atoms with Gasteiger partial charge in [0, 0.05) is 36.9 Å². The first kappa shape index (κ1) is 18.2. The van der Waals surface area contributed by atoms with Gasteiger partial charge in [-0.3, -0.25) is 9.58 Å². The highest BCUT2D eigenvalue weighted by Gasteiger charge is 2.37. The van der Waals surface area contributed by atoms with E-state index in [4.69, 9.17) is 4.74 Å². The molecule has 1 aromatic carbocycles. The topological polar surface area (TPSA) is 67.6 Å². The molecule has 2 aliphatic rings. The normalized spacial score (nSPS) is 20.3. The van der Waals surface area contributed by atoms with Crippen LogP contribution in [0.3, 0.4) is 0 Å². The Labute approximate surface area is 159 Å². The predicted molar refractivity (Wildman–Crippen MR) is 102 cm³/mol. The number of benzene rings is 1. The van der Waals surface area contributed by atoms with E-state index >= 15 is 0 Å². The molecule has 2 aromatic rings. The zero-order valence-electron chi connectivity index (χ0n) is 16.0. The Balaban J connectivity index is 1.34. The largest absolute Gasteiger partial charge is 0.476 e. The Morgan fingerprint density at radius 1 is 1.33 bits per heavy atom. The minimum absolute atomic E-state index is 0.240. The number of rotatable bonds is 6. The maximum atomic E-state index is 11.6. The number of nitrogens with zero attached hydrogens (tertiary/aromatic N) is 3. The molecule has 4 rings (SSSR count). The average Bonchev–Trinajstić information content (AvgIpc) is 3.00. The molecule has 0 spiro atoms. The molecular formula is C21H27N3O3. The lowest BCUT2D eigenvalue weighted by Gasteiger charge is -2.45. The molecule has 0 radical (unpaired) electrons. The first-order valence-corrected chi connectivity index (χ1v) is 9.78. The minimum atomic E-state index is -0.915. The van der Waals surface area contributed by atoms with Gasteiger partial charge in [-0.25, -0.2) is 4.79 Å². The minimum Gasteiger partial charge on any atom is -0.476 e. The number of carboxylic acid groups (broad SMARTS) is 1. The summed E-state index contributed by atoms with van der Waals surface area (Å²) in [7, 11) is 0. The van der Waals surface area contributed by atoms with E-state index in [1.807, 2.05) is 17.7 Å². The Kier molecular flexibility index (Phi) is 5.02. The molecule has 6 nitrogen and oxygen atoms in total. The summed E-state index contributed by atoms with van der Waals surface area (Å²) in [5.41, 5.74) is 4.80. The first-order valence-electron chi connectivity index (χ1n) is 9.78. The van der Waals surface area contributed by atoms with Crippen LogP contribution in [0.2, 0.25) is 0 Å². The summed E-state index contributed by atoms with van der Waals surface area (Å²) in [4.78, 5) is 14.0. The van der Waals surface area contributed by atoms with Gasteiger partial charge in [0.25, 0.3) is 0 Å². The van der Waals surface area contributed by atoms with Gasteiger partial charge in [-0.15, -0.1) is 0 Å². The Morgan fingerprint density at radius 3 is 2.81 bits per heavy atom. The van der Waals surface area contributed by atoms with Crippen molar-refractivity contribution >= 4 is 5.97 Å². The Morgan fingerprint density at radius 2 is 2.11 bits per heavy atom. The molecule has 1 atom stereocenters. The predicted octanol–water partition coefficient (Wildman–Crippen LogP) is 2.67. The van der Waals surface area contributed by atoms with Gasteiger partial charge in [-0.1, -0.05) is 24.3 Å². The Bertz CT molecular complexity index is 839. The molecule has 1 N–H and O–H groups in total. The van der Waals surface area contributed by atoms with E-state index in [-0.39, 0.29) is 11.8 Å². The number of hydrogen-bond acceptors (Lipinski definition) is 4. The van der Waals surface area contributed by atoms with Crippen LogP contribution in [0.4, 0.5) is 0 Å². The zero-order chi connectivity index (χ0) is 19.0. The van der Waals surface area contributed by atoms with E-state index in [0.29, 0.717) is 12.6 Å². The molecule has 0 amide bonds. The summed E-state index contributed by atoms with van der Waals surface area (Å²) >= 11 is 0. The molecule has 0 unspecified atom stereocenters. The molecule has 2 heterocycles. The maximum Gasteiger partial charge on any atom is 0.356 e. The number of aromatic nitrogens is 2. The van der Waals surface area contributed by atoms with Crippen LogP contribution in [0.1, 0.15) is 46.2 Å². The van der Waals surface area contributed by atoms with E-state index in [9.17, 15) is 9.90 Å². The molecule has 1 aliphatic heterocycles. The van der Waals surface area contributed by atoms with Crippen molar-refractivity contribution in [1.29, 1.82) is 0 Å². The number of likely N-dealkylation sites (tertiary alicyclic amines) is 1. The summed E-state index contributed by atoms with van der Waals surface area (Å²) in [5, 5.41) is 13.8. The number of aryl methyl sites for hydroxylation is 2. The van der Waals surface area contributed by atoms with Crippen molar-refractivity contribution in [2.24, 2.45) is 0 Å². The number of carboxylic acids is 1. The molecule has 1 aliphatic carbocycles. The van der Waals surface area contributed by atoms with Crippen LogP contribution >= 0.6 is 0 Å². The molecule has 0 bridgehead atoms. The van der Waals surface area contributed by atoms with Crippen LogP contribution in [0.25, 0.3) is 0 Å². The summed E-state index contributed by atoms with van der Waals surface area (Å²) in [5.74, 6) is -0.915. The molecule has 0 saturated carbocycles. The highest BCUT2D eigenvalue weighted by atomic mass is 16.5. The fraction of sp³-hybridized carbons (Fsp3) is 0.524. The summed E-state index contributed by atoms with van der Waals surface area (Å²) in [6.07, 6.45) is 3.01. The van der Waals surface area contributed by atoms with Gasteiger partial charge in [-0.2, -0.15) is 5.10 Å². The van der Waals surface area contributed by atoms with Crippen molar-refractivity contribution in [3.63, 3.8) is 0 Å². The van der Waals surface area contributed by atoms with Crippen LogP contribution in [-0.4, -0.2) is 51.0 Å². The van der Waals surface area contributed by atoms with Gasteiger partial charge in [-0.05, 0) is 44.2 Å². The van der Waals surface area contributed by atoms with Crippen molar-refractivity contribution in [3.8, 4) is 0 Å². The van der Waals surface area contributed by atoms with Gasteiger partial charge in [0.05, 0.1) is 12.7 Å². The van der Waals surface area contributed by atoms with Crippen molar-refractivity contribution < 1.29 is 14.6 Å². The third-order valence-corrected chi connectivity index (χ3v) is 5.95. The number of aromatic carboxylic acids is 1. The van der Waals surface area contributed by atoms with Crippen molar-refractivity contribution in [2.75, 3.05) is 13.1 Å². The highest BCUT2D eigenvalue weighted by Crippen LogP contribution is 2.30. The molecule has 6 heteroatoms. The standard InChI is InChI=1S/C21H27N3O3/c1-3-24-19-9-8-16(10-18(19)20(22-24)21(25)26)23-11-17(12-23)27-13-15-7-5-4-6-14(15)2/h4-7,16-17H,3,8-13H2,1-2H3,(H,25,26)/t16-/m1/s1. The van der Waals surface area contributed by atoms with Gasteiger partial charge in [0.2, 0.25) is 0 Å². The van der Waals surface area contributed by atoms with E-state index in [1.165, 1.54) is 11.1 Å². The summed E-state index contributed by atoms with van der Waals surface area (Å²) < 4.78 is 7.93. The van der Waals surface area contributed by atoms with Crippen molar-refractivity contribution in [3.05, 3.63) is 52.3 Å². The SMILES string of the molecule is CCn1nc(C(=O)O)c2c1CC[C@@H](N1CC(OCc3ccccc3C)C1)C2. The van der Waals surface area contributed by atoms with E-state index < -0.39 is 5.97 Å². The van der Waals surface area contributed by atoms with Crippen LogP contribution < -0.4 is 0 Å². The molecular weight excluding hydrogens is 342 g/mol.